The highest BCUT2D eigenvalue weighted by Crippen LogP contribution is 2.21. The molecule has 0 saturated carbocycles. The predicted molar refractivity (Wildman–Crippen MR) is 50.7 cm³/mol. The Morgan fingerprint density at radius 3 is 3.00 bits per heavy atom. The maximum Gasteiger partial charge on any atom is 0.174 e. The van der Waals surface area contributed by atoms with Gasteiger partial charge in [-0.2, -0.15) is 0 Å². The first-order valence-electron chi connectivity index (χ1n) is 4.20. The average Bonchev–Trinajstić information content (AvgIpc) is 2.21. The van der Waals surface area contributed by atoms with Crippen LogP contribution in [0, 0.1) is 0 Å². The van der Waals surface area contributed by atoms with Crippen LogP contribution >= 0.6 is 0 Å². The van der Waals surface area contributed by atoms with Crippen LogP contribution in [-0.4, -0.2) is 23.7 Å². The molecule has 0 aromatic heterocycles. The van der Waals surface area contributed by atoms with Gasteiger partial charge >= 0.3 is 0 Å². The molecule has 14 heavy (non-hydrogen) atoms. The van der Waals surface area contributed by atoms with Gasteiger partial charge in [-0.3, -0.25) is 5.84 Å². The van der Waals surface area contributed by atoms with E-state index in [1.807, 2.05) is 0 Å². The highest BCUT2D eigenvalue weighted by atomic mass is 16.5. The van der Waals surface area contributed by atoms with Gasteiger partial charge in [0.2, 0.25) is 0 Å². The third-order valence-electron chi connectivity index (χ3n) is 1.83. The number of hydrogen-bond acceptors (Lipinski definition) is 5. The summed E-state index contributed by atoms with van der Waals surface area (Å²) in [6.07, 6.45) is 3.18. The molecule has 0 aliphatic heterocycles. The van der Waals surface area contributed by atoms with Crippen molar-refractivity contribution in [1.29, 1.82) is 0 Å². The average molecular weight is 196 g/mol. The fourth-order valence-electron chi connectivity index (χ4n) is 1.16. The second kappa shape index (κ2) is 4.62. The lowest BCUT2D eigenvalue weighted by Crippen LogP contribution is -2.37. The standard InChI is InChI=1S/C9H12N2O3/c1-2-14-8-4-3-7(11-10)6(5-12)9(8)13/h3-4,7,11,13H,2,10H2,1H3. The van der Waals surface area contributed by atoms with Crippen molar-refractivity contribution in [3.05, 3.63) is 29.2 Å². The van der Waals surface area contributed by atoms with Gasteiger partial charge in [0.25, 0.3) is 0 Å². The van der Waals surface area contributed by atoms with Crippen molar-refractivity contribution < 1.29 is 14.6 Å². The van der Waals surface area contributed by atoms with Crippen molar-refractivity contribution in [2.24, 2.45) is 5.84 Å². The van der Waals surface area contributed by atoms with Gasteiger partial charge in [0.05, 0.1) is 12.6 Å². The molecule has 0 aromatic carbocycles. The van der Waals surface area contributed by atoms with E-state index in [0.717, 1.165) is 0 Å². The largest absolute Gasteiger partial charge is 0.504 e. The Bertz CT molecular complexity index is 327. The maximum atomic E-state index is 10.5. The van der Waals surface area contributed by atoms with Gasteiger partial charge in [-0.05, 0) is 13.0 Å². The first-order chi connectivity index (χ1) is 6.74. The number of carbonyl (C=O) groups excluding carboxylic acids is 1. The third kappa shape index (κ3) is 1.85. The van der Waals surface area contributed by atoms with Crippen molar-refractivity contribution in [1.82, 2.24) is 5.43 Å². The molecule has 0 aromatic rings. The molecule has 1 unspecified atom stereocenters. The van der Waals surface area contributed by atoms with E-state index in [2.05, 4.69) is 5.43 Å². The molecule has 1 atom stereocenters. The second-order valence-electron chi connectivity index (χ2n) is 2.67. The van der Waals surface area contributed by atoms with Crippen molar-refractivity contribution in [3.8, 4) is 0 Å². The number of ether oxygens (including phenoxy) is 1. The number of allylic oxidation sites excluding steroid dienone is 1. The smallest absolute Gasteiger partial charge is 0.174 e. The topological polar surface area (TPSA) is 84.6 Å². The summed E-state index contributed by atoms with van der Waals surface area (Å²) in [6.45, 7) is 2.20. The maximum absolute atomic E-state index is 10.5. The lowest BCUT2D eigenvalue weighted by Gasteiger charge is -2.18. The van der Waals surface area contributed by atoms with Gasteiger partial charge in [-0.25, -0.2) is 10.2 Å². The van der Waals surface area contributed by atoms with Crippen LogP contribution in [0.15, 0.2) is 29.2 Å². The molecular weight excluding hydrogens is 184 g/mol. The van der Waals surface area contributed by atoms with E-state index in [1.165, 1.54) is 0 Å². The zero-order valence-electron chi connectivity index (χ0n) is 7.78. The van der Waals surface area contributed by atoms with E-state index >= 15 is 0 Å². The summed E-state index contributed by atoms with van der Waals surface area (Å²) in [5.74, 6) is 6.85. The highest BCUT2D eigenvalue weighted by molar-refractivity contribution is 5.65. The predicted octanol–water partition coefficient (Wildman–Crippen LogP) is -0.0478. The fraction of sp³-hybridized carbons (Fsp3) is 0.333. The molecule has 1 rings (SSSR count). The fourth-order valence-corrected chi connectivity index (χ4v) is 1.16. The molecule has 0 saturated heterocycles. The summed E-state index contributed by atoms with van der Waals surface area (Å²) in [6, 6.07) is -0.517. The van der Waals surface area contributed by atoms with Crippen LogP contribution in [0.25, 0.3) is 0 Å². The van der Waals surface area contributed by atoms with Crippen molar-refractivity contribution in [2.45, 2.75) is 13.0 Å². The van der Waals surface area contributed by atoms with Crippen LogP contribution in [0.4, 0.5) is 0 Å². The molecule has 5 nitrogen and oxygen atoms in total. The van der Waals surface area contributed by atoms with Crippen LogP contribution in [-0.2, 0) is 9.53 Å². The van der Waals surface area contributed by atoms with Crippen LogP contribution in [0.2, 0.25) is 0 Å². The molecule has 0 bridgehead atoms. The lowest BCUT2D eigenvalue weighted by molar-refractivity contribution is 0.217. The molecule has 0 spiro atoms. The van der Waals surface area contributed by atoms with E-state index in [4.69, 9.17) is 10.6 Å². The molecular formula is C9H12N2O3. The summed E-state index contributed by atoms with van der Waals surface area (Å²) >= 11 is 0. The summed E-state index contributed by atoms with van der Waals surface area (Å²) in [4.78, 5) is 10.5. The normalized spacial score (nSPS) is 21.0. The zero-order valence-corrected chi connectivity index (χ0v) is 7.78. The zero-order chi connectivity index (χ0) is 10.6. The molecule has 5 heteroatoms. The first kappa shape index (κ1) is 10.5. The van der Waals surface area contributed by atoms with Crippen molar-refractivity contribution >= 4 is 5.94 Å². The Morgan fingerprint density at radius 2 is 2.50 bits per heavy atom. The molecule has 0 radical (unpaired) electrons. The van der Waals surface area contributed by atoms with Crippen LogP contribution < -0.4 is 11.3 Å². The molecule has 0 amide bonds. The van der Waals surface area contributed by atoms with E-state index in [9.17, 15) is 9.90 Å². The lowest BCUT2D eigenvalue weighted by atomic mass is 10.0. The quantitative estimate of drug-likeness (QED) is 0.335. The van der Waals surface area contributed by atoms with Gasteiger partial charge in [0.1, 0.15) is 11.5 Å². The number of nitrogens with one attached hydrogen (secondary N) is 1. The number of rotatable bonds is 3. The monoisotopic (exact) mass is 196 g/mol. The Labute approximate surface area is 81.5 Å². The molecule has 4 N–H and O–H groups in total. The van der Waals surface area contributed by atoms with Gasteiger partial charge in [-0.15, -0.1) is 0 Å². The Kier molecular flexibility index (Phi) is 3.48. The minimum atomic E-state index is -0.517. The Hall–Kier alpha value is -1.55. The first-order valence-corrected chi connectivity index (χ1v) is 4.20. The van der Waals surface area contributed by atoms with Crippen LogP contribution in [0.5, 0.6) is 0 Å². The second-order valence-corrected chi connectivity index (χ2v) is 2.67. The van der Waals surface area contributed by atoms with E-state index in [1.54, 1.807) is 25.0 Å². The third-order valence-corrected chi connectivity index (χ3v) is 1.83. The van der Waals surface area contributed by atoms with E-state index < -0.39 is 6.04 Å². The van der Waals surface area contributed by atoms with Crippen LogP contribution in [0.3, 0.4) is 0 Å². The van der Waals surface area contributed by atoms with E-state index in [-0.39, 0.29) is 17.1 Å². The number of hydrazine groups is 1. The minimum absolute atomic E-state index is 0.0541. The minimum Gasteiger partial charge on any atom is -0.504 e. The van der Waals surface area contributed by atoms with Gasteiger partial charge in [-0.1, -0.05) is 6.08 Å². The Morgan fingerprint density at radius 1 is 1.79 bits per heavy atom. The van der Waals surface area contributed by atoms with Gasteiger partial charge in [0.15, 0.2) is 11.5 Å². The Balaban J connectivity index is 3.01. The summed E-state index contributed by atoms with van der Waals surface area (Å²) in [7, 11) is 0. The highest BCUT2D eigenvalue weighted by Gasteiger charge is 2.23. The molecule has 0 heterocycles. The molecule has 1 aliphatic rings. The molecule has 1 aliphatic carbocycles. The van der Waals surface area contributed by atoms with Gasteiger partial charge in [0, 0.05) is 0 Å². The number of aliphatic hydroxyl groups excluding tert-OH is 1. The van der Waals surface area contributed by atoms with Crippen molar-refractivity contribution in [3.63, 3.8) is 0 Å². The van der Waals surface area contributed by atoms with E-state index in [0.29, 0.717) is 6.61 Å². The summed E-state index contributed by atoms with van der Waals surface area (Å²) in [5.41, 5.74) is 2.42. The SMILES string of the molecule is CCOC1=C(O)C(=C=O)C(NN)C=C1. The molecule has 76 valence electrons. The number of hydrogen-bond donors (Lipinski definition) is 3. The summed E-state index contributed by atoms with van der Waals surface area (Å²) in [5, 5.41) is 9.57. The van der Waals surface area contributed by atoms with Gasteiger partial charge < -0.3 is 9.84 Å². The van der Waals surface area contributed by atoms with Crippen LogP contribution in [0.1, 0.15) is 6.92 Å². The molecule has 0 fully saturated rings. The summed E-state index contributed by atoms with van der Waals surface area (Å²) < 4.78 is 5.09. The van der Waals surface area contributed by atoms with Crippen molar-refractivity contribution in [2.75, 3.05) is 6.61 Å². The number of nitrogens with two attached hydrogens (primary N) is 1. The number of aliphatic hydroxyl groups is 1.